The van der Waals surface area contributed by atoms with E-state index in [0.717, 1.165) is 19.3 Å². The van der Waals surface area contributed by atoms with E-state index in [-0.39, 0.29) is 10.9 Å². The highest BCUT2D eigenvalue weighted by Crippen LogP contribution is 2.27. The summed E-state index contributed by atoms with van der Waals surface area (Å²) in [6.07, 6.45) is 3.01. The average molecular weight is 372 g/mol. The fraction of sp³-hybridized carbons (Fsp3) is 0.733. The number of rotatable bonds is 4. The highest BCUT2D eigenvalue weighted by Gasteiger charge is 2.37. The Labute approximate surface area is 147 Å². The van der Waals surface area contributed by atoms with Crippen LogP contribution in [0.15, 0.2) is 15.6 Å². The van der Waals surface area contributed by atoms with Crippen LogP contribution < -0.4 is 0 Å². The van der Waals surface area contributed by atoms with Crippen molar-refractivity contribution in [1.29, 1.82) is 0 Å². The lowest BCUT2D eigenvalue weighted by Crippen LogP contribution is -2.54. The Balaban J connectivity index is 1.70. The van der Waals surface area contributed by atoms with Crippen LogP contribution in [0.3, 0.4) is 0 Å². The lowest BCUT2D eigenvalue weighted by atomic mass is 10.0. The number of carbonyl (C=O) groups is 1. The number of hydrogen-bond donors (Lipinski definition) is 1. The summed E-state index contributed by atoms with van der Waals surface area (Å²) in [4.78, 5) is 14.7. The third kappa shape index (κ3) is 3.80. The Hall–Kier alpha value is -1.65. The van der Waals surface area contributed by atoms with Gasteiger partial charge in [-0.2, -0.15) is 4.31 Å². The van der Waals surface area contributed by atoms with Crippen molar-refractivity contribution < 1.29 is 22.8 Å². The van der Waals surface area contributed by atoms with Crippen LogP contribution in [0, 0.1) is 6.92 Å². The van der Waals surface area contributed by atoms with Gasteiger partial charge in [-0.1, -0.05) is 11.6 Å². The molecule has 25 heavy (non-hydrogen) atoms. The van der Waals surface area contributed by atoms with Crippen LogP contribution >= 0.6 is 0 Å². The third-order valence-electron chi connectivity index (χ3n) is 4.98. The number of nitrogens with zero attached hydrogens (tertiary/aromatic N) is 4. The van der Waals surface area contributed by atoms with E-state index in [4.69, 9.17) is 9.63 Å². The summed E-state index contributed by atoms with van der Waals surface area (Å²) in [6, 6.07) is -0.107. The topological polar surface area (TPSA) is 107 Å². The molecule has 0 radical (unpaired) electrons. The van der Waals surface area contributed by atoms with Gasteiger partial charge in [0, 0.05) is 45.3 Å². The highest BCUT2D eigenvalue weighted by atomic mass is 32.2. The molecule has 10 heteroatoms. The SMILES string of the molecule is Cc1oncc1S(=O)(=O)N1CCCCC1CN1CCN(C(=O)O)CC1. The highest BCUT2D eigenvalue weighted by molar-refractivity contribution is 7.89. The first kappa shape index (κ1) is 18.2. The summed E-state index contributed by atoms with van der Waals surface area (Å²) in [7, 11) is -3.63. The molecule has 1 aromatic heterocycles. The molecule has 3 heterocycles. The molecule has 1 unspecified atom stereocenters. The van der Waals surface area contributed by atoms with Crippen LogP contribution in [0.25, 0.3) is 0 Å². The first-order valence-electron chi connectivity index (χ1n) is 8.53. The van der Waals surface area contributed by atoms with E-state index in [0.29, 0.717) is 45.0 Å². The maximum absolute atomic E-state index is 13.0. The molecule has 1 aromatic rings. The quantitative estimate of drug-likeness (QED) is 0.834. The smallest absolute Gasteiger partial charge is 0.407 e. The summed E-state index contributed by atoms with van der Waals surface area (Å²) in [5.41, 5.74) is 0. The summed E-state index contributed by atoms with van der Waals surface area (Å²) in [5, 5.41) is 12.6. The molecule has 2 aliphatic rings. The number of piperidine rings is 1. The predicted octanol–water partition coefficient (Wildman–Crippen LogP) is 0.822. The van der Waals surface area contributed by atoms with Gasteiger partial charge in [0.2, 0.25) is 10.0 Å². The van der Waals surface area contributed by atoms with Crippen molar-refractivity contribution in [3.8, 4) is 0 Å². The molecule has 2 fully saturated rings. The van der Waals surface area contributed by atoms with Crippen LogP contribution in [0.4, 0.5) is 4.79 Å². The Morgan fingerprint density at radius 3 is 2.60 bits per heavy atom. The van der Waals surface area contributed by atoms with Crippen LogP contribution in [-0.4, -0.2) is 84.2 Å². The minimum Gasteiger partial charge on any atom is -0.465 e. The van der Waals surface area contributed by atoms with Gasteiger partial charge in [-0.05, 0) is 19.8 Å². The number of amides is 1. The Kier molecular flexibility index (Phi) is 5.30. The van der Waals surface area contributed by atoms with Gasteiger partial charge < -0.3 is 14.5 Å². The summed E-state index contributed by atoms with van der Waals surface area (Å²) < 4.78 is 32.5. The average Bonchev–Trinajstić information content (AvgIpc) is 3.02. The Bertz CT molecular complexity index is 711. The molecule has 0 aromatic carbocycles. The molecule has 0 spiro atoms. The number of aryl methyl sites for hydroxylation is 1. The van der Waals surface area contributed by atoms with Gasteiger partial charge in [0.05, 0.1) is 6.20 Å². The largest absolute Gasteiger partial charge is 0.465 e. The number of aromatic nitrogens is 1. The van der Waals surface area contributed by atoms with Gasteiger partial charge in [-0.25, -0.2) is 13.2 Å². The lowest BCUT2D eigenvalue weighted by molar-refractivity contribution is 0.0902. The van der Waals surface area contributed by atoms with Crippen molar-refractivity contribution >= 4 is 16.1 Å². The van der Waals surface area contributed by atoms with Gasteiger partial charge in [0.1, 0.15) is 4.90 Å². The van der Waals surface area contributed by atoms with Gasteiger partial charge in [0.15, 0.2) is 5.76 Å². The molecule has 0 aliphatic carbocycles. The first-order valence-corrected chi connectivity index (χ1v) is 9.97. The monoisotopic (exact) mass is 372 g/mol. The molecule has 3 rings (SSSR count). The molecule has 140 valence electrons. The minimum absolute atomic E-state index is 0.107. The summed E-state index contributed by atoms with van der Waals surface area (Å²) in [5.74, 6) is 0.305. The normalized spacial score (nSPS) is 23.7. The van der Waals surface area contributed by atoms with Crippen LogP contribution in [0.2, 0.25) is 0 Å². The fourth-order valence-electron chi connectivity index (χ4n) is 3.56. The zero-order valence-electron chi connectivity index (χ0n) is 14.3. The number of sulfonamides is 1. The second-order valence-electron chi connectivity index (χ2n) is 6.58. The number of carboxylic acid groups (broad SMARTS) is 1. The van der Waals surface area contributed by atoms with Crippen molar-refractivity contribution in [2.24, 2.45) is 0 Å². The van der Waals surface area contributed by atoms with E-state index in [1.54, 1.807) is 11.2 Å². The van der Waals surface area contributed by atoms with Crippen LogP contribution in [0.5, 0.6) is 0 Å². The predicted molar refractivity (Wildman–Crippen MR) is 88.8 cm³/mol. The van der Waals surface area contributed by atoms with Gasteiger partial charge in [0.25, 0.3) is 0 Å². The zero-order valence-corrected chi connectivity index (χ0v) is 15.1. The standard InChI is InChI=1S/C15H24N4O5S/c1-12-14(10-16-24-12)25(22,23)19-5-3-2-4-13(19)11-17-6-8-18(9-7-17)15(20)21/h10,13H,2-9,11H2,1H3,(H,20,21). The van der Waals surface area contributed by atoms with Gasteiger partial charge in [-0.15, -0.1) is 0 Å². The van der Waals surface area contributed by atoms with Crippen molar-refractivity contribution in [3.05, 3.63) is 12.0 Å². The maximum Gasteiger partial charge on any atom is 0.407 e. The van der Waals surface area contributed by atoms with E-state index in [2.05, 4.69) is 10.1 Å². The van der Waals surface area contributed by atoms with Crippen molar-refractivity contribution in [2.75, 3.05) is 39.3 Å². The molecule has 1 amide bonds. The molecule has 9 nitrogen and oxygen atoms in total. The van der Waals surface area contributed by atoms with E-state index < -0.39 is 16.1 Å². The van der Waals surface area contributed by atoms with E-state index in [1.807, 2.05) is 0 Å². The van der Waals surface area contributed by atoms with Crippen molar-refractivity contribution in [3.63, 3.8) is 0 Å². The maximum atomic E-state index is 13.0. The third-order valence-corrected chi connectivity index (χ3v) is 7.02. The fourth-order valence-corrected chi connectivity index (χ4v) is 5.32. The van der Waals surface area contributed by atoms with Crippen LogP contribution in [-0.2, 0) is 10.0 Å². The number of piperazine rings is 1. The second-order valence-corrected chi connectivity index (χ2v) is 8.44. The Morgan fingerprint density at radius 1 is 1.28 bits per heavy atom. The lowest BCUT2D eigenvalue weighted by Gasteiger charge is -2.40. The van der Waals surface area contributed by atoms with Gasteiger partial charge >= 0.3 is 6.09 Å². The Morgan fingerprint density at radius 2 is 2.00 bits per heavy atom. The first-order chi connectivity index (χ1) is 11.9. The molecule has 2 aliphatic heterocycles. The van der Waals surface area contributed by atoms with Gasteiger partial charge in [-0.3, -0.25) is 4.90 Å². The molecular weight excluding hydrogens is 348 g/mol. The van der Waals surface area contributed by atoms with E-state index in [1.165, 1.54) is 11.1 Å². The molecule has 0 bridgehead atoms. The summed E-state index contributed by atoms with van der Waals surface area (Å²) >= 11 is 0. The van der Waals surface area contributed by atoms with E-state index >= 15 is 0 Å². The zero-order chi connectivity index (χ0) is 18.0. The molecule has 1 atom stereocenters. The second kappa shape index (κ2) is 7.30. The van der Waals surface area contributed by atoms with Crippen LogP contribution in [0.1, 0.15) is 25.0 Å². The van der Waals surface area contributed by atoms with Crippen molar-refractivity contribution in [1.82, 2.24) is 19.3 Å². The summed E-state index contributed by atoms with van der Waals surface area (Å²) in [6.45, 7) is 4.89. The molecule has 1 N–H and O–H groups in total. The minimum atomic E-state index is -3.63. The molecule has 0 saturated carbocycles. The van der Waals surface area contributed by atoms with E-state index in [9.17, 15) is 13.2 Å². The molecule has 2 saturated heterocycles. The van der Waals surface area contributed by atoms with Crippen molar-refractivity contribution in [2.45, 2.75) is 37.1 Å². The number of hydrogen-bond acceptors (Lipinski definition) is 6. The molecular formula is C15H24N4O5S.